The molecule has 1 amide bonds. The smallest absolute Gasteiger partial charge is 0.235 e. The van der Waals surface area contributed by atoms with Crippen molar-refractivity contribution in [1.29, 1.82) is 0 Å². The van der Waals surface area contributed by atoms with Gasteiger partial charge in [0.2, 0.25) is 11.9 Å². The Morgan fingerprint density at radius 3 is 2.61 bits per heavy atom. The first kappa shape index (κ1) is 17.9. The highest BCUT2D eigenvalue weighted by Gasteiger charge is 2.53. The molecule has 4 rings (SSSR count). The van der Waals surface area contributed by atoms with Gasteiger partial charge < -0.3 is 5.32 Å². The van der Waals surface area contributed by atoms with Crippen molar-refractivity contribution in [3.63, 3.8) is 0 Å². The molecule has 1 aliphatic carbocycles. The summed E-state index contributed by atoms with van der Waals surface area (Å²) < 4.78 is 1.73. The standard InChI is InChI=1S/C21H20N4O3/c1-14-7-5-6-10-16(14)18-12-20(22-21(26)17-11-19(17)25(27)28)24(23-18)13-15-8-3-2-4-9-15/h2-10,12,17,19H,11,13H2,1H3,(H,22,26). The van der Waals surface area contributed by atoms with Crippen molar-refractivity contribution in [3.8, 4) is 11.3 Å². The molecule has 1 aliphatic rings. The molecule has 142 valence electrons. The van der Waals surface area contributed by atoms with Gasteiger partial charge in [0.05, 0.1) is 12.2 Å². The van der Waals surface area contributed by atoms with E-state index in [1.54, 1.807) is 4.68 Å². The number of nitro groups is 1. The lowest BCUT2D eigenvalue weighted by Crippen LogP contribution is -2.20. The molecule has 28 heavy (non-hydrogen) atoms. The number of carbonyl (C=O) groups is 1. The Kier molecular flexibility index (Phi) is 4.65. The Bertz CT molecular complexity index is 1030. The fourth-order valence-electron chi connectivity index (χ4n) is 3.30. The number of nitrogens with one attached hydrogen (secondary N) is 1. The largest absolute Gasteiger partial charge is 0.310 e. The summed E-state index contributed by atoms with van der Waals surface area (Å²) >= 11 is 0. The van der Waals surface area contributed by atoms with E-state index in [-0.39, 0.29) is 17.3 Å². The number of rotatable bonds is 6. The van der Waals surface area contributed by atoms with E-state index in [4.69, 9.17) is 5.10 Å². The van der Waals surface area contributed by atoms with Crippen LogP contribution in [-0.4, -0.2) is 26.7 Å². The molecule has 1 N–H and O–H groups in total. The van der Waals surface area contributed by atoms with Gasteiger partial charge in [0.25, 0.3) is 0 Å². The molecular weight excluding hydrogens is 356 g/mol. The van der Waals surface area contributed by atoms with Crippen molar-refractivity contribution >= 4 is 11.7 Å². The normalized spacial score (nSPS) is 17.9. The average Bonchev–Trinajstić information content (AvgIpc) is 3.41. The second-order valence-corrected chi connectivity index (χ2v) is 7.06. The Hall–Kier alpha value is -3.48. The van der Waals surface area contributed by atoms with Gasteiger partial charge in [0.15, 0.2) is 0 Å². The monoisotopic (exact) mass is 376 g/mol. The van der Waals surface area contributed by atoms with E-state index in [1.165, 1.54) is 0 Å². The lowest BCUT2D eigenvalue weighted by molar-refractivity contribution is -0.497. The number of carbonyl (C=O) groups excluding carboxylic acids is 1. The van der Waals surface area contributed by atoms with Gasteiger partial charge in [-0.3, -0.25) is 14.9 Å². The molecule has 1 fully saturated rings. The average molecular weight is 376 g/mol. The third-order valence-electron chi connectivity index (χ3n) is 4.99. The molecule has 3 aromatic rings. The quantitative estimate of drug-likeness (QED) is 0.526. The van der Waals surface area contributed by atoms with E-state index in [1.807, 2.05) is 67.6 Å². The highest BCUT2D eigenvalue weighted by molar-refractivity contribution is 5.94. The molecular formula is C21H20N4O3. The van der Waals surface area contributed by atoms with Gasteiger partial charge >= 0.3 is 0 Å². The van der Waals surface area contributed by atoms with E-state index < -0.39 is 12.0 Å². The first-order valence-corrected chi connectivity index (χ1v) is 9.15. The second kappa shape index (κ2) is 7.26. The third kappa shape index (κ3) is 3.64. The number of anilines is 1. The third-order valence-corrected chi connectivity index (χ3v) is 4.99. The van der Waals surface area contributed by atoms with Crippen LogP contribution in [0.1, 0.15) is 17.5 Å². The Balaban J connectivity index is 1.64. The molecule has 2 aromatic carbocycles. The summed E-state index contributed by atoms with van der Waals surface area (Å²) in [4.78, 5) is 22.9. The summed E-state index contributed by atoms with van der Waals surface area (Å²) in [6.07, 6.45) is 0.288. The molecule has 7 nitrogen and oxygen atoms in total. The van der Waals surface area contributed by atoms with Crippen LogP contribution in [0.4, 0.5) is 5.82 Å². The van der Waals surface area contributed by atoms with Crippen molar-refractivity contribution in [2.75, 3.05) is 5.32 Å². The lowest BCUT2D eigenvalue weighted by Gasteiger charge is -2.08. The van der Waals surface area contributed by atoms with E-state index in [9.17, 15) is 14.9 Å². The van der Waals surface area contributed by atoms with Gasteiger partial charge in [-0.2, -0.15) is 5.10 Å². The van der Waals surface area contributed by atoms with Gasteiger partial charge in [-0.15, -0.1) is 0 Å². The van der Waals surface area contributed by atoms with Crippen molar-refractivity contribution in [2.45, 2.75) is 25.9 Å². The summed E-state index contributed by atoms with van der Waals surface area (Å²) in [5.74, 6) is -0.356. The summed E-state index contributed by atoms with van der Waals surface area (Å²) in [6.45, 7) is 2.50. The van der Waals surface area contributed by atoms with Crippen LogP contribution in [0.15, 0.2) is 60.7 Å². The highest BCUT2D eigenvalue weighted by atomic mass is 16.6. The van der Waals surface area contributed by atoms with Gasteiger partial charge in [-0.05, 0) is 18.1 Å². The zero-order chi connectivity index (χ0) is 19.7. The predicted octanol–water partition coefficient (Wildman–Crippen LogP) is 3.51. The molecule has 0 radical (unpaired) electrons. The molecule has 0 aliphatic heterocycles. The Morgan fingerprint density at radius 1 is 1.21 bits per heavy atom. The first-order valence-electron chi connectivity index (χ1n) is 9.15. The number of hydrogen-bond donors (Lipinski definition) is 1. The van der Waals surface area contributed by atoms with Gasteiger partial charge in [0, 0.05) is 23.0 Å². The van der Waals surface area contributed by atoms with Crippen LogP contribution in [0.5, 0.6) is 0 Å². The van der Waals surface area contributed by atoms with Gasteiger partial charge in [-0.1, -0.05) is 54.6 Å². The van der Waals surface area contributed by atoms with Crippen LogP contribution in [0.2, 0.25) is 0 Å². The topological polar surface area (TPSA) is 90.1 Å². The molecule has 1 aromatic heterocycles. The number of nitrogens with zero attached hydrogens (tertiary/aromatic N) is 3. The molecule has 0 spiro atoms. The number of aryl methyl sites for hydroxylation is 1. The zero-order valence-corrected chi connectivity index (χ0v) is 15.4. The maximum atomic E-state index is 12.5. The number of aromatic nitrogens is 2. The fourth-order valence-corrected chi connectivity index (χ4v) is 3.30. The van der Waals surface area contributed by atoms with Crippen molar-refractivity contribution in [2.24, 2.45) is 5.92 Å². The van der Waals surface area contributed by atoms with Gasteiger partial charge in [0.1, 0.15) is 11.7 Å². The molecule has 0 bridgehead atoms. The van der Waals surface area contributed by atoms with Crippen molar-refractivity contribution < 1.29 is 9.72 Å². The summed E-state index contributed by atoms with van der Waals surface area (Å²) in [5, 5.41) is 18.4. The molecule has 2 atom stereocenters. The predicted molar refractivity (Wildman–Crippen MR) is 105 cm³/mol. The molecule has 7 heteroatoms. The second-order valence-electron chi connectivity index (χ2n) is 7.06. The number of hydrogen-bond acceptors (Lipinski definition) is 4. The lowest BCUT2D eigenvalue weighted by atomic mass is 10.1. The van der Waals surface area contributed by atoms with Crippen LogP contribution in [0.3, 0.4) is 0 Å². The fraction of sp³-hybridized carbons (Fsp3) is 0.238. The minimum Gasteiger partial charge on any atom is -0.310 e. The minimum absolute atomic E-state index is 0.288. The Labute approximate surface area is 162 Å². The summed E-state index contributed by atoms with van der Waals surface area (Å²) in [6, 6.07) is 18.8. The first-order chi connectivity index (χ1) is 13.5. The summed E-state index contributed by atoms with van der Waals surface area (Å²) in [5.41, 5.74) is 3.87. The Morgan fingerprint density at radius 2 is 1.93 bits per heavy atom. The van der Waals surface area contributed by atoms with Crippen LogP contribution >= 0.6 is 0 Å². The zero-order valence-electron chi connectivity index (χ0n) is 15.4. The summed E-state index contributed by atoms with van der Waals surface area (Å²) in [7, 11) is 0. The highest BCUT2D eigenvalue weighted by Crippen LogP contribution is 2.34. The van der Waals surface area contributed by atoms with Crippen LogP contribution in [0.25, 0.3) is 11.3 Å². The van der Waals surface area contributed by atoms with Crippen LogP contribution in [0, 0.1) is 23.0 Å². The number of amides is 1. The molecule has 1 heterocycles. The minimum atomic E-state index is -0.777. The van der Waals surface area contributed by atoms with Crippen LogP contribution < -0.4 is 5.32 Å². The van der Waals surface area contributed by atoms with E-state index >= 15 is 0 Å². The van der Waals surface area contributed by atoms with E-state index in [2.05, 4.69) is 5.32 Å². The molecule has 2 unspecified atom stereocenters. The van der Waals surface area contributed by atoms with Crippen molar-refractivity contribution in [3.05, 3.63) is 81.9 Å². The maximum Gasteiger partial charge on any atom is 0.235 e. The van der Waals surface area contributed by atoms with E-state index in [0.717, 1.165) is 22.4 Å². The molecule has 0 saturated heterocycles. The SMILES string of the molecule is Cc1ccccc1-c1cc(NC(=O)C2CC2[N+](=O)[O-])n(Cc2ccccc2)n1. The van der Waals surface area contributed by atoms with Crippen LogP contribution in [-0.2, 0) is 11.3 Å². The van der Waals surface area contributed by atoms with Crippen molar-refractivity contribution in [1.82, 2.24) is 9.78 Å². The van der Waals surface area contributed by atoms with Gasteiger partial charge in [-0.25, -0.2) is 4.68 Å². The van der Waals surface area contributed by atoms with E-state index in [0.29, 0.717) is 12.4 Å². The maximum absolute atomic E-state index is 12.5. The number of benzene rings is 2. The molecule has 1 saturated carbocycles.